The molecule has 0 spiro atoms. The van der Waals surface area contributed by atoms with Crippen LogP contribution < -0.4 is 21.1 Å². The monoisotopic (exact) mass is 448 g/mol. The third kappa shape index (κ3) is 2.64. The Morgan fingerprint density at radius 1 is 0.588 bits per heavy atom. The molecule has 0 fully saturated rings. The van der Waals surface area contributed by atoms with Gasteiger partial charge in [0, 0.05) is 10.8 Å². The minimum absolute atomic E-state index is 0.116. The van der Waals surface area contributed by atoms with Crippen molar-refractivity contribution in [1.82, 2.24) is 0 Å². The highest BCUT2D eigenvalue weighted by atomic mass is 19.4. The summed E-state index contributed by atoms with van der Waals surface area (Å²) >= 11 is 0. The standard InChI is InChI=1S/C29H16BF3O/c31-29(32,33)21-14-11-18-16-23-28-25(15-12-17-10-13-20(21)26(18)27(17)28)34-24-9-5-4-8-22(24)30(23)19-6-2-1-3-7-19/h1-16H. The molecule has 6 aromatic carbocycles. The highest BCUT2D eigenvalue weighted by Crippen LogP contribution is 2.44. The number of para-hydroxylation sites is 1. The fourth-order valence-corrected chi connectivity index (χ4v) is 5.58. The predicted molar refractivity (Wildman–Crippen MR) is 133 cm³/mol. The maximum atomic E-state index is 13.9. The van der Waals surface area contributed by atoms with Crippen LogP contribution in [-0.4, -0.2) is 6.71 Å². The number of hydrogen-bond donors (Lipinski definition) is 0. The van der Waals surface area contributed by atoms with Crippen molar-refractivity contribution in [3.63, 3.8) is 0 Å². The van der Waals surface area contributed by atoms with Crippen LogP contribution in [0.5, 0.6) is 11.5 Å². The first-order valence-corrected chi connectivity index (χ1v) is 11.1. The highest BCUT2D eigenvalue weighted by Gasteiger charge is 2.35. The van der Waals surface area contributed by atoms with Crippen molar-refractivity contribution >= 4 is 55.4 Å². The molecule has 0 N–H and O–H groups in total. The molecule has 0 amide bonds. The Balaban J connectivity index is 1.69. The van der Waals surface area contributed by atoms with Crippen molar-refractivity contribution in [2.45, 2.75) is 6.18 Å². The van der Waals surface area contributed by atoms with Crippen molar-refractivity contribution < 1.29 is 17.9 Å². The minimum atomic E-state index is -4.43. The first-order valence-electron chi connectivity index (χ1n) is 11.1. The van der Waals surface area contributed by atoms with E-state index in [1.165, 1.54) is 6.07 Å². The molecule has 5 heteroatoms. The van der Waals surface area contributed by atoms with Crippen LogP contribution in [-0.2, 0) is 6.18 Å². The Morgan fingerprint density at radius 2 is 1.32 bits per heavy atom. The van der Waals surface area contributed by atoms with E-state index in [9.17, 15) is 13.2 Å². The molecule has 0 saturated heterocycles. The zero-order chi connectivity index (χ0) is 23.0. The van der Waals surface area contributed by atoms with Gasteiger partial charge in [-0.3, -0.25) is 0 Å². The SMILES string of the molecule is FC(F)(F)c1ccc2cc3c4c(ccc5ccc1c2c54)Oc1ccccc1B3c1ccccc1. The van der Waals surface area contributed by atoms with Gasteiger partial charge in [0.25, 0.3) is 0 Å². The lowest BCUT2D eigenvalue weighted by Crippen LogP contribution is -2.51. The summed E-state index contributed by atoms with van der Waals surface area (Å²) in [7, 11) is 0. The quantitative estimate of drug-likeness (QED) is 0.214. The van der Waals surface area contributed by atoms with E-state index in [0.717, 1.165) is 43.7 Å². The number of ether oxygens (including phenoxy) is 1. The molecule has 34 heavy (non-hydrogen) atoms. The Bertz CT molecular complexity index is 1720. The predicted octanol–water partition coefficient (Wildman–Crippen LogP) is 6.22. The summed E-state index contributed by atoms with van der Waals surface area (Å²) in [5.41, 5.74) is 2.57. The average molecular weight is 448 g/mol. The molecule has 162 valence electrons. The molecular weight excluding hydrogens is 432 g/mol. The summed E-state index contributed by atoms with van der Waals surface area (Å²) in [5.74, 6) is 1.43. The molecule has 0 aromatic heterocycles. The van der Waals surface area contributed by atoms with Crippen molar-refractivity contribution in [3.05, 3.63) is 103 Å². The Kier molecular flexibility index (Phi) is 3.88. The minimum Gasteiger partial charge on any atom is -0.457 e. The number of fused-ring (bicyclic) bond motifs is 1. The van der Waals surface area contributed by atoms with Gasteiger partial charge < -0.3 is 4.74 Å². The van der Waals surface area contributed by atoms with Crippen molar-refractivity contribution in [2.75, 3.05) is 0 Å². The van der Waals surface area contributed by atoms with Gasteiger partial charge in [-0.05, 0) is 45.2 Å². The van der Waals surface area contributed by atoms with Crippen LogP contribution in [0.2, 0.25) is 0 Å². The van der Waals surface area contributed by atoms with Gasteiger partial charge in [0.15, 0.2) is 0 Å². The van der Waals surface area contributed by atoms with Gasteiger partial charge in [0.05, 0.1) is 5.56 Å². The molecule has 0 saturated carbocycles. The van der Waals surface area contributed by atoms with E-state index in [0.29, 0.717) is 11.1 Å². The van der Waals surface area contributed by atoms with Crippen LogP contribution in [0.1, 0.15) is 5.56 Å². The topological polar surface area (TPSA) is 9.23 Å². The second-order valence-electron chi connectivity index (χ2n) is 8.81. The van der Waals surface area contributed by atoms with Crippen molar-refractivity contribution in [3.8, 4) is 11.5 Å². The summed E-state index contributed by atoms with van der Waals surface area (Å²) < 4.78 is 48.1. The number of hydrogen-bond acceptors (Lipinski definition) is 1. The molecule has 1 aliphatic heterocycles. The molecule has 0 aliphatic carbocycles. The molecule has 0 bridgehead atoms. The number of halogens is 3. The number of rotatable bonds is 1. The maximum absolute atomic E-state index is 13.9. The van der Waals surface area contributed by atoms with Gasteiger partial charge in [-0.25, -0.2) is 0 Å². The first kappa shape index (κ1) is 19.5. The largest absolute Gasteiger partial charge is 0.457 e. The molecule has 0 radical (unpaired) electrons. The molecule has 7 rings (SSSR count). The lowest BCUT2D eigenvalue weighted by Gasteiger charge is -2.20. The zero-order valence-corrected chi connectivity index (χ0v) is 17.9. The molecular formula is C29H16BF3O. The van der Waals surface area contributed by atoms with Crippen LogP contribution in [0.3, 0.4) is 0 Å². The van der Waals surface area contributed by atoms with E-state index < -0.39 is 11.7 Å². The third-order valence-corrected chi connectivity index (χ3v) is 6.96. The highest BCUT2D eigenvalue weighted by molar-refractivity contribution is 6.97. The summed E-state index contributed by atoms with van der Waals surface area (Å²) in [6, 6.07) is 30.3. The lowest BCUT2D eigenvalue weighted by atomic mass is 9.36. The number of benzene rings is 6. The van der Waals surface area contributed by atoms with Gasteiger partial charge in [-0.1, -0.05) is 89.8 Å². The van der Waals surface area contributed by atoms with E-state index in [2.05, 4.69) is 24.3 Å². The molecule has 0 atom stereocenters. The van der Waals surface area contributed by atoms with Crippen LogP contribution >= 0.6 is 0 Å². The van der Waals surface area contributed by atoms with E-state index in [1.807, 2.05) is 48.5 Å². The fourth-order valence-electron chi connectivity index (χ4n) is 5.58. The van der Waals surface area contributed by atoms with Crippen LogP contribution in [0.25, 0.3) is 32.3 Å². The van der Waals surface area contributed by atoms with Crippen molar-refractivity contribution in [2.24, 2.45) is 0 Å². The van der Waals surface area contributed by atoms with E-state index in [4.69, 9.17) is 4.74 Å². The second-order valence-corrected chi connectivity index (χ2v) is 8.81. The van der Waals surface area contributed by atoms with Crippen molar-refractivity contribution in [1.29, 1.82) is 0 Å². The molecule has 0 unspecified atom stereocenters. The Hall–Kier alpha value is -3.99. The molecule has 1 nitrogen and oxygen atoms in total. The Labute approximate surface area is 193 Å². The second kappa shape index (κ2) is 6.77. The van der Waals surface area contributed by atoms with E-state index >= 15 is 0 Å². The van der Waals surface area contributed by atoms with Gasteiger partial charge in [-0.2, -0.15) is 13.2 Å². The van der Waals surface area contributed by atoms with Gasteiger partial charge in [-0.15, -0.1) is 0 Å². The molecule has 1 heterocycles. The van der Waals surface area contributed by atoms with Gasteiger partial charge >= 0.3 is 6.18 Å². The van der Waals surface area contributed by atoms with Gasteiger partial charge in [0.1, 0.15) is 11.5 Å². The summed E-state index contributed by atoms with van der Waals surface area (Å²) in [6.45, 7) is -0.116. The molecule has 6 aromatic rings. The maximum Gasteiger partial charge on any atom is 0.417 e. The first-order chi connectivity index (χ1) is 16.5. The molecule has 1 aliphatic rings. The van der Waals surface area contributed by atoms with Gasteiger partial charge in [0.2, 0.25) is 6.71 Å². The third-order valence-electron chi connectivity index (χ3n) is 6.96. The van der Waals surface area contributed by atoms with Crippen LogP contribution in [0, 0.1) is 0 Å². The van der Waals surface area contributed by atoms with E-state index in [1.54, 1.807) is 18.2 Å². The number of alkyl halides is 3. The fraction of sp³-hybridized carbons (Fsp3) is 0.0345. The summed E-state index contributed by atoms with van der Waals surface area (Å²) in [4.78, 5) is 0. The smallest absolute Gasteiger partial charge is 0.417 e. The zero-order valence-electron chi connectivity index (χ0n) is 17.9. The Morgan fingerprint density at radius 3 is 2.15 bits per heavy atom. The normalized spacial score (nSPS) is 13.3. The average Bonchev–Trinajstić information content (AvgIpc) is 2.98. The summed E-state index contributed by atoms with van der Waals surface area (Å²) in [6.07, 6.45) is -4.43. The van der Waals surface area contributed by atoms with Crippen LogP contribution in [0.4, 0.5) is 13.2 Å². The van der Waals surface area contributed by atoms with E-state index in [-0.39, 0.29) is 12.1 Å². The summed E-state index contributed by atoms with van der Waals surface area (Å²) in [5, 5.41) is 4.25. The lowest BCUT2D eigenvalue weighted by molar-refractivity contribution is -0.136. The van der Waals surface area contributed by atoms with Crippen LogP contribution in [0.15, 0.2) is 97.1 Å².